The SMILES string of the molecule is CCOC1(c2cccnc2)C=CC(N2CCN(C(=O)C3CCC(C(F)(F)F)CC3)C[C@H]2CC)=C(C(=O)N[C@@H]2CCNC2)N1. The largest absolute Gasteiger partial charge is 0.391 e. The first-order chi connectivity index (χ1) is 20.6. The van der Waals surface area contributed by atoms with Crippen molar-refractivity contribution in [3.05, 3.63) is 53.6 Å². The Morgan fingerprint density at radius 3 is 2.58 bits per heavy atom. The van der Waals surface area contributed by atoms with Gasteiger partial charge in [-0.2, -0.15) is 13.2 Å². The van der Waals surface area contributed by atoms with Crippen molar-refractivity contribution in [2.24, 2.45) is 11.8 Å². The number of allylic oxidation sites excluding steroid dienone is 1. The van der Waals surface area contributed by atoms with Crippen molar-refractivity contribution in [3.63, 3.8) is 0 Å². The van der Waals surface area contributed by atoms with Crippen molar-refractivity contribution < 1.29 is 27.5 Å². The van der Waals surface area contributed by atoms with Crippen LogP contribution in [0.3, 0.4) is 0 Å². The molecule has 1 aliphatic carbocycles. The van der Waals surface area contributed by atoms with E-state index in [0.717, 1.165) is 30.6 Å². The zero-order chi connectivity index (χ0) is 30.6. The smallest absolute Gasteiger partial charge is 0.363 e. The van der Waals surface area contributed by atoms with Gasteiger partial charge in [-0.15, -0.1) is 0 Å². The van der Waals surface area contributed by atoms with Crippen LogP contribution in [-0.2, 0) is 20.1 Å². The van der Waals surface area contributed by atoms with Crippen LogP contribution >= 0.6 is 0 Å². The molecule has 1 unspecified atom stereocenters. The number of alkyl halides is 3. The van der Waals surface area contributed by atoms with Crippen LogP contribution in [0, 0.1) is 11.8 Å². The number of dihydropyridines is 1. The Morgan fingerprint density at radius 2 is 1.95 bits per heavy atom. The summed E-state index contributed by atoms with van der Waals surface area (Å²) >= 11 is 0. The molecular weight excluding hydrogens is 561 g/mol. The highest BCUT2D eigenvalue weighted by Crippen LogP contribution is 2.40. The molecule has 2 amide bonds. The molecule has 0 aromatic carbocycles. The number of nitrogens with one attached hydrogen (secondary N) is 3. The molecule has 9 nitrogen and oxygen atoms in total. The van der Waals surface area contributed by atoms with E-state index in [-0.39, 0.29) is 55.5 Å². The zero-order valence-corrected chi connectivity index (χ0v) is 25.0. The number of amides is 2. The van der Waals surface area contributed by atoms with Crippen molar-refractivity contribution in [1.29, 1.82) is 0 Å². The average Bonchev–Trinajstić information content (AvgIpc) is 3.53. The standard InChI is InChI=1S/C31H43F3N6O3/c1-3-25-20-39(29(42)21-7-9-22(10-8-21)31(32,33)34)16-17-40(25)26-11-13-30(43-4-2,23-6-5-14-35-18-23)38-27(26)28(41)37-24-12-15-36-19-24/h5-6,11,13-14,18,21-22,24-25,36,38H,3-4,7-10,12,15-17,19-20H2,1-2H3,(H,37,41)/t21?,22?,24-,25-,30?/m1/s1. The number of hydrogen-bond donors (Lipinski definition) is 3. The van der Waals surface area contributed by atoms with Gasteiger partial charge in [-0.25, -0.2) is 0 Å². The molecule has 12 heteroatoms. The summed E-state index contributed by atoms with van der Waals surface area (Å²) < 4.78 is 45.7. The van der Waals surface area contributed by atoms with Crippen molar-refractivity contribution in [3.8, 4) is 0 Å². The van der Waals surface area contributed by atoms with E-state index in [0.29, 0.717) is 38.5 Å². The molecule has 1 saturated carbocycles. The van der Waals surface area contributed by atoms with E-state index >= 15 is 0 Å². The molecule has 1 aromatic heterocycles. The van der Waals surface area contributed by atoms with Gasteiger partial charge in [-0.1, -0.05) is 13.0 Å². The summed E-state index contributed by atoms with van der Waals surface area (Å²) in [6.45, 7) is 7.27. The number of ether oxygens (including phenoxy) is 1. The Labute approximate surface area is 251 Å². The summed E-state index contributed by atoms with van der Waals surface area (Å²) in [5.41, 5.74) is 0.812. The van der Waals surface area contributed by atoms with Crippen LogP contribution < -0.4 is 16.0 Å². The fraction of sp³-hybridized carbons (Fsp3) is 0.645. The third-order valence-corrected chi connectivity index (χ3v) is 9.24. The summed E-state index contributed by atoms with van der Waals surface area (Å²) in [5.74, 6) is -1.96. The third kappa shape index (κ3) is 6.85. The lowest BCUT2D eigenvalue weighted by Crippen LogP contribution is -2.57. The van der Waals surface area contributed by atoms with Crippen molar-refractivity contribution in [1.82, 2.24) is 30.7 Å². The van der Waals surface area contributed by atoms with Gasteiger partial charge in [-0.3, -0.25) is 14.6 Å². The maximum atomic E-state index is 13.9. The lowest BCUT2D eigenvalue weighted by molar-refractivity contribution is -0.185. The normalized spacial score (nSPS) is 29.9. The van der Waals surface area contributed by atoms with E-state index in [1.807, 2.05) is 43.0 Å². The lowest BCUT2D eigenvalue weighted by Gasteiger charge is -2.46. The summed E-state index contributed by atoms with van der Waals surface area (Å²) in [6.07, 6.45) is 5.17. The zero-order valence-electron chi connectivity index (χ0n) is 25.0. The van der Waals surface area contributed by atoms with Crippen molar-refractivity contribution in [2.75, 3.05) is 39.3 Å². The first kappa shape index (κ1) is 31.3. The molecule has 1 aromatic rings. The van der Waals surface area contributed by atoms with Gasteiger partial charge >= 0.3 is 6.18 Å². The lowest BCUT2D eigenvalue weighted by atomic mass is 9.81. The highest BCUT2D eigenvalue weighted by atomic mass is 19.4. The second-order valence-corrected chi connectivity index (χ2v) is 11.9. The number of hydrogen-bond acceptors (Lipinski definition) is 7. The fourth-order valence-corrected chi connectivity index (χ4v) is 6.81. The maximum Gasteiger partial charge on any atom is 0.391 e. The molecule has 5 rings (SSSR count). The Kier molecular flexibility index (Phi) is 9.65. The van der Waals surface area contributed by atoms with Crippen LogP contribution in [0.5, 0.6) is 0 Å². The van der Waals surface area contributed by atoms with Gasteiger partial charge in [0.25, 0.3) is 5.91 Å². The van der Waals surface area contributed by atoms with Crippen LogP contribution in [0.1, 0.15) is 57.9 Å². The number of pyridine rings is 1. The first-order valence-electron chi connectivity index (χ1n) is 15.5. The van der Waals surface area contributed by atoms with Gasteiger partial charge in [0.15, 0.2) is 5.72 Å². The van der Waals surface area contributed by atoms with Crippen LogP contribution in [0.15, 0.2) is 48.1 Å². The summed E-state index contributed by atoms with van der Waals surface area (Å²) in [7, 11) is 0. The Balaban J connectivity index is 1.37. The van der Waals surface area contributed by atoms with Crippen LogP contribution in [-0.4, -0.2) is 84.2 Å². The highest BCUT2D eigenvalue weighted by Gasteiger charge is 2.44. The molecule has 0 radical (unpaired) electrons. The van der Waals surface area contributed by atoms with Gasteiger partial charge < -0.3 is 30.5 Å². The summed E-state index contributed by atoms with van der Waals surface area (Å²) in [6, 6.07) is 3.67. The first-order valence-corrected chi connectivity index (χ1v) is 15.5. The number of nitrogens with zero attached hydrogens (tertiary/aromatic N) is 3. The molecule has 2 saturated heterocycles. The van der Waals surface area contributed by atoms with E-state index in [4.69, 9.17) is 4.74 Å². The second-order valence-electron chi connectivity index (χ2n) is 11.9. The molecule has 4 heterocycles. The number of aromatic nitrogens is 1. The molecule has 236 valence electrons. The van der Waals surface area contributed by atoms with Crippen LogP contribution in [0.2, 0.25) is 0 Å². The van der Waals surface area contributed by atoms with Gasteiger partial charge in [0.1, 0.15) is 5.70 Å². The number of piperazine rings is 1. The predicted octanol–water partition coefficient (Wildman–Crippen LogP) is 3.41. The molecule has 3 N–H and O–H groups in total. The van der Waals surface area contributed by atoms with E-state index in [2.05, 4.69) is 25.8 Å². The number of rotatable bonds is 8. The molecule has 43 heavy (non-hydrogen) atoms. The fourth-order valence-electron chi connectivity index (χ4n) is 6.81. The minimum absolute atomic E-state index is 0.00787. The topological polar surface area (TPSA) is 98.8 Å². The predicted molar refractivity (Wildman–Crippen MR) is 155 cm³/mol. The highest BCUT2D eigenvalue weighted by molar-refractivity contribution is 5.95. The van der Waals surface area contributed by atoms with Crippen molar-refractivity contribution in [2.45, 2.75) is 76.4 Å². The minimum Gasteiger partial charge on any atom is -0.363 e. The Hall–Kier alpha value is -3.12. The molecule has 4 aliphatic rings. The van der Waals surface area contributed by atoms with E-state index in [9.17, 15) is 22.8 Å². The van der Waals surface area contributed by atoms with Gasteiger partial charge in [0, 0.05) is 68.7 Å². The van der Waals surface area contributed by atoms with Crippen molar-refractivity contribution >= 4 is 11.8 Å². The van der Waals surface area contributed by atoms with Gasteiger partial charge in [-0.05, 0) is 70.2 Å². The second kappa shape index (κ2) is 13.3. The van der Waals surface area contributed by atoms with Gasteiger partial charge in [0.05, 0.1) is 11.6 Å². The van der Waals surface area contributed by atoms with Gasteiger partial charge in [0.2, 0.25) is 5.91 Å². The van der Waals surface area contributed by atoms with E-state index in [1.165, 1.54) is 0 Å². The Morgan fingerprint density at radius 1 is 1.16 bits per heavy atom. The Bertz CT molecular complexity index is 1190. The summed E-state index contributed by atoms with van der Waals surface area (Å²) in [5, 5.41) is 9.89. The van der Waals surface area contributed by atoms with Crippen LogP contribution in [0.4, 0.5) is 13.2 Å². The molecule has 0 spiro atoms. The summed E-state index contributed by atoms with van der Waals surface area (Å²) in [4.78, 5) is 35.6. The van der Waals surface area contributed by atoms with E-state index < -0.39 is 17.8 Å². The average molecular weight is 605 g/mol. The number of carbonyl (C=O) groups excluding carboxylic acids is 2. The maximum absolute atomic E-state index is 13.9. The molecule has 3 atom stereocenters. The molecule has 3 aliphatic heterocycles. The molecular formula is C31H43F3N6O3. The van der Waals surface area contributed by atoms with Crippen LogP contribution in [0.25, 0.3) is 0 Å². The molecule has 0 bridgehead atoms. The minimum atomic E-state index is -4.20. The quantitative estimate of drug-likeness (QED) is 0.419. The third-order valence-electron chi connectivity index (χ3n) is 9.24. The molecule has 3 fully saturated rings. The number of halogens is 3. The van der Waals surface area contributed by atoms with E-state index in [1.54, 1.807) is 12.4 Å². The number of carbonyl (C=O) groups is 2. The monoisotopic (exact) mass is 604 g/mol.